The summed E-state index contributed by atoms with van der Waals surface area (Å²) in [5.74, 6) is 1.94. The van der Waals surface area contributed by atoms with Gasteiger partial charge in [-0.3, -0.25) is 0 Å². The molecule has 2 unspecified atom stereocenters. The van der Waals surface area contributed by atoms with E-state index in [0.717, 1.165) is 11.8 Å². The Morgan fingerprint density at radius 3 is 1.89 bits per heavy atom. The molecule has 0 aromatic rings. The first-order valence-corrected chi connectivity index (χ1v) is 8.11. The van der Waals surface area contributed by atoms with Crippen LogP contribution >= 0.6 is 0 Å². The molecule has 2 heterocycles. The second kappa shape index (κ2) is 15.0. The lowest BCUT2D eigenvalue weighted by Crippen LogP contribution is -2.13. The molecule has 0 saturated carbocycles. The van der Waals surface area contributed by atoms with Crippen LogP contribution in [0.4, 0.5) is 0 Å². The van der Waals surface area contributed by atoms with E-state index in [2.05, 4.69) is 31.1 Å². The summed E-state index contributed by atoms with van der Waals surface area (Å²) in [6.07, 6.45) is 4.16. The van der Waals surface area contributed by atoms with E-state index in [-0.39, 0.29) is 0 Å². The van der Waals surface area contributed by atoms with Crippen LogP contribution in [0.15, 0.2) is 0 Å². The molecular weight excluding hydrogens is 220 g/mol. The Labute approximate surface area is 117 Å². The maximum atomic E-state index is 3.27. The molecule has 0 aromatic heterocycles. The normalized spacial score (nSPS) is 26.2. The van der Waals surface area contributed by atoms with E-state index in [9.17, 15) is 0 Å². The average molecular weight is 258 g/mol. The molecule has 112 valence electrons. The van der Waals surface area contributed by atoms with Crippen LogP contribution in [0.25, 0.3) is 0 Å². The molecule has 2 atom stereocenters. The van der Waals surface area contributed by atoms with E-state index in [1.165, 1.54) is 45.4 Å². The van der Waals surface area contributed by atoms with E-state index in [1.807, 2.05) is 27.7 Å². The van der Waals surface area contributed by atoms with Crippen LogP contribution in [0.2, 0.25) is 0 Å². The molecule has 1 N–H and O–H groups in total. The molecule has 2 nitrogen and oxygen atoms in total. The highest BCUT2D eigenvalue weighted by Gasteiger charge is 2.16. The van der Waals surface area contributed by atoms with Crippen molar-refractivity contribution in [3.8, 4) is 0 Å². The van der Waals surface area contributed by atoms with Gasteiger partial charge >= 0.3 is 0 Å². The molecule has 0 amide bonds. The number of hydrogen-bond donors (Lipinski definition) is 1. The van der Waals surface area contributed by atoms with Crippen molar-refractivity contribution in [2.24, 2.45) is 11.8 Å². The Kier molecular flexibility index (Phi) is 16.8. The van der Waals surface area contributed by atoms with Gasteiger partial charge in [-0.25, -0.2) is 0 Å². The quantitative estimate of drug-likeness (QED) is 0.764. The highest BCUT2D eigenvalue weighted by atomic mass is 15.1. The van der Waals surface area contributed by atoms with Crippen molar-refractivity contribution >= 4 is 0 Å². The lowest BCUT2D eigenvalue weighted by atomic mass is 10.1. The second-order valence-corrected chi connectivity index (χ2v) is 4.92. The third kappa shape index (κ3) is 11.0. The van der Waals surface area contributed by atoms with Crippen molar-refractivity contribution in [2.75, 3.05) is 33.2 Å². The Morgan fingerprint density at radius 1 is 1.11 bits per heavy atom. The Bertz CT molecular complexity index is 142. The molecule has 0 spiro atoms. The van der Waals surface area contributed by atoms with Crippen molar-refractivity contribution in [3.63, 3.8) is 0 Å². The molecule has 2 aliphatic heterocycles. The lowest BCUT2D eigenvalue weighted by Gasteiger charge is -2.05. The van der Waals surface area contributed by atoms with Crippen molar-refractivity contribution in [1.29, 1.82) is 0 Å². The fourth-order valence-corrected chi connectivity index (χ4v) is 2.16. The van der Waals surface area contributed by atoms with E-state index >= 15 is 0 Å². The van der Waals surface area contributed by atoms with Gasteiger partial charge < -0.3 is 10.2 Å². The number of nitrogens with one attached hydrogen (secondary N) is 1. The predicted molar refractivity (Wildman–Crippen MR) is 85.2 cm³/mol. The monoisotopic (exact) mass is 258 g/mol. The molecule has 18 heavy (non-hydrogen) atoms. The van der Waals surface area contributed by atoms with Crippen LogP contribution in [0, 0.1) is 11.8 Å². The standard InChI is InChI=1S/C7H15N.C5H11N.2C2H6/c1-3-7-4-5-8(2)6-7;1-5-2-3-6-4-5;2*1-2/h7H,3-6H2,1-2H3;5-6H,2-4H2,1H3;2*1-2H3. The van der Waals surface area contributed by atoms with Crippen LogP contribution in [0.5, 0.6) is 0 Å². The number of rotatable bonds is 1. The summed E-state index contributed by atoms with van der Waals surface area (Å²) in [6.45, 7) is 17.7. The maximum Gasteiger partial charge on any atom is 0.000698 e. The maximum absolute atomic E-state index is 3.27. The summed E-state index contributed by atoms with van der Waals surface area (Å²) in [6, 6.07) is 0. The summed E-state index contributed by atoms with van der Waals surface area (Å²) in [4.78, 5) is 2.41. The average Bonchev–Trinajstić information content (AvgIpc) is 3.06. The van der Waals surface area contributed by atoms with Crippen molar-refractivity contribution in [3.05, 3.63) is 0 Å². The van der Waals surface area contributed by atoms with E-state index < -0.39 is 0 Å². The fraction of sp³-hybridized carbons (Fsp3) is 1.00. The molecule has 0 aliphatic carbocycles. The topological polar surface area (TPSA) is 15.3 Å². The Morgan fingerprint density at radius 2 is 1.72 bits per heavy atom. The van der Waals surface area contributed by atoms with Crippen LogP contribution in [0.1, 0.15) is 60.8 Å². The fourth-order valence-electron chi connectivity index (χ4n) is 2.16. The third-order valence-corrected chi connectivity index (χ3v) is 3.37. The summed E-state index contributed by atoms with van der Waals surface area (Å²) in [5.41, 5.74) is 0. The van der Waals surface area contributed by atoms with Gasteiger partial charge in [0.1, 0.15) is 0 Å². The first-order chi connectivity index (χ1) is 8.72. The van der Waals surface area contributed by atoms with E-state index in [0.29, 0.717) is 0 Å². The van der Waals surface area contributed by atoms with Gasteiger partial charge in [-0.2, -0.15) is 0 Å². The van der Waals surface area contributed by atoms with Crippen LogP contribution in [0.3, 0.4) is 0 Å². The lowest BCUT2D eigenvalue weighted by molar-refractivity contribution is 0.392. The Hall–Kier alpha value is -0.0800. The van der Waals surface area contributed by atoms with Crippen molar-refractivity contribution in [1.82, 2.24) is 10.2 Å². The molecule has 0 aromatic carbocycles. The van der Waals surface area contributed by atoms with E-state index in [4.69, 9.17) is 0 Å². The van der Waals surface area contributed by atoms with Crippen LogP contribution in [-0.2, 0) is 0 Å². The molecule has 2 saturated heterocycles. The van der Waals surface area contributed by atoms with Crippen LogP contribution in [-0.4, -0.2) is 38.1 Å². The minimum atomic E-state index is 0.935. The summed E-state index contributed by atoms with van der Waals surface area (Å²) < 4.78 is 0. The van der Waals surface area contributed by atoms with Crippen molar-refractivity contribution < 1.29 is 0 Å². The summed E-state index contributed by atoms with van der Waals surface area (Å²) >= 11 is 0. The molecule has 2 aliphatic rings. The smallest absolute Gasteiger partial charge is 0.000698 e. The van der Waals surface area contributed by atoms with Gasteiger partial charge in [0.05, 0.1) is 0 Å². The summed E-state index contributed by atoms with van der Waals surface area (Å²) in [7, 11) is 2.20. The zero-order valence-electron chi connectivity index (χ0n) is 14.1. The number of likely N-dealkylation sites (tertiary alicyclic amines) is 1. The van der Waals surface area contributed by atoms with Crippen molar-refractivity contribution in [2.45, 2.75) is 60.8 Å². The first-order valence-electron chi connectivity index (χ1n) is 8.11. The van der Waals surface area contributed by atoms with Gasteiger partial charge in [-0.05, 0) is 51.4 Å². The molecule has 2 heteroatoms. The zero-order chi connectivity index (χ0) is 14.4. The minimum absolute atomic E-state index is 0.935. The van der Waals surface area contributed by atoms with Gasteiger partial charge in [0.15, 0.2) is 0 Å². The number of hydrogen-bond acceptors (Lipinski definition) is 2. The van der Waals surface area contributed by atoms with E-state index in [1.54, 1.807) is 0 Å². The summed E-state index contributed by atoms with van der Waals surface area (Å²) in [5, 5.41) is 3.27. The molecule has 0 bridgehead atoms. The third-order valence-electron chi connectivity index (χ3n) is 3.37. The van der Waals surface area contributed by atoms with Gasteiger partial charge in [0, 0.05) is 6.54 Å². The molecular formula is C16H38N2. The SMILES string of the molecule is CC.CC.CC1CCNC1.CCC1CCN(C)C1. The molecule has 2 rings (SSSR count). The Balaban J connectivity index is 0. The van der Waals surface area contributed by atoms with Gasteiger partial charge in [0.25, 0.3) is 0 Å². The number of nitrogens with zero attached hydrogens (tertiary/aromatic N) is 1. The largest absolute Gasteiger partial charge is 0.316 e. The second-order valence-electron chi connectivity index (χ2n) is 4.92. The van der Waals surface area contributed by atoms with Gasteiger partial charge in [0.2, 0.25) is 0 Å². The zero-order valence-corrected chi connectivity index (χ0v) is 14.1. The molecule has 2 fully saturated rings. The highest BCUT2D eigenvalue weighted by molar-refractivity contribution is 4.70. The minimum Gasteiger partial charge on any atom is -0.316 e. The van der Waals surface area contributed by atoms with Gasteiger partial charge in [-0.15, -0.1) is 0 Å². The van der Waals surface area contributed by atoms with Gasteiger partial charge in [-0.1, -0.05) is 48.0 Å². The highest BCUT2D eigenvalue weighted by Crippen LogP contribution is 2.16. The molecule has 0 radical (unpaired) electrons. The predicted octanol–water partition coefficient (Wildman–Crippen LogP) is 4.02. The first kappa shape index (κ1) is 20.2. The van der Waals surface area contributed by atoms with Crippen LogP contribution < -0.4 is 5.32 Å².